The molecule has 1 heteroatoms. The smallest absolute Gasteiger partial charge is 0.0122 e. The molecule has 39 heavy (non-hydrogen) atoms. The predicted octanol–water partition coefficient (Wildman–Crippen LogP) is 13.5. The van der Waals surface area contributed by atoms with Crippen molar-refractivity contribution in [3.05, 3.63) is 59.7 Å². The Morgan fingerprint density at radius 2 is 0.590 bits per heavy atom. The van der Waals surface area contributed by atoms with Crippen LogP contribution in [-0.4, -0.2) is 0 Å². The van der Waals surface area contributed by atoms with E-state index in [1.807, 2.05) is 11.8 Å². The van der Waals surface area contributed by atoms with Crippen molar-refractivity contribution in [3.63, 3.8) is 0 Å². The third-order valence-electron chi connectivity index (χ3n) is 8.22. The Bertz CT molecular complexity index is 708. The topological polar surface area (TPSA) is 0 Å². The minimum Gasteiger partial charge on any atom is -0.0901 e. The zero-order chi connectivity index (χ0) is 27.6. The van der Waals surface area contributed by atoms with E-state index in [9.17, 15) is 0 Å². The van der Waals surface area contributed by atoms with Crippen LogP contribution in [-0.2, 0) is 12.8 Å². The van der Waals surface area contributed by atoms with Gasteiger partial charge in [0.2, 0.25) is 0 Å². The molecule has 220 valence electrons. The van der Waals surface area contributed by atoms with Gasteiger partial charge in [-0.25, -0.2) is 0 Å². The first-order chi connectivity index (χ1) is 19.3. The molecule has 0 amide bonds. The van der Waals surface area contributed by atoms with Crippen molar-refractivity contribution in [2.24, 2.45) is 0 Å². The van der Waals surface area contributed by atoms with Crippen molar-refractivity contribution in [2.45, 2.75) is 178 Å². The van der Waals surface area contributed by atoms with Crippen LogP contribution in [0.1, 0.15) is 166 Å². The highest BCUT2D eigenvalue weighted by atomic mass is 32.2. The van der Waals surface area contributed by atoms with Gasteiger partial charge in [-0.1, -0.05) is 178 Å². The molecule has 0 aliphatic heterocycles. The summed E-state index contributed by atoms with van der Waals surface area (Å²) in [4.78, 5) is 2.71. The Labute approximate surface area is 248 Å². The maximum atomic E-state index is 2.35. The van der Waals surface area contributed by atoms with Gasteiger partial charge in [-0.2, -0.15) is 0 Å². The van der Waals surface area contributed by atoms with Crippen LogP contribution in [0.5, 0.6) is 0 Å². The standard InChI is InChI=1S/C38H62S/c1-3-5-7-9-11-13-15-17-19-21-23-25-35-27-31-37(32-28-35)39-38-33-29-36(30-34-38)26-24-22-20-18-16-14-12-10-8-6-4-2/h27-34H,3-26H2,1-2H3. The predicted molar refractivity (Wildman–Crippen MR) is 177 cm³/mol. The lowest BCUT2D eigenvalue weighted by atomic mass is 10.0. The summed E-state index contributed by atoms with van der Waals surface area (Å²) in [6.45, 7) is 4.60. The Hall–Kier alpha value is -1.21. The van der Waals surface area contributed by atoms with Crippen LogP contribution in [0.4, 0.5) is 0 Å². The SMILES string of the molecule is CCCCCCCCCCCCCc1ccc(Sc2ccc(CCCCCCCCCCCCC)cc2)cc1. The lowest BCUT2D eigenvalue weighted by molar-refractivity contribution is 0.549. The van der Waals surface area contributed by atoms with Crippen molar-refractivity contribution in [3.8, 4) is 0 Å². The Kier molecular flexibility index (Phi) is 21.4. The molecule has 0 fully saturated rings. The van der Waals surface area contributed by atoms with E-state index in [0.717, 1.165) is 0 Å². The van der Waals surface area contributed by atoms with Crippen LogP contribution in [0.2, 0.25) is 0 Å². The van der Waals surface area contributed by atoms with Crippen LogP contribution in [0.15, 0.2) is 58.3 Å². The second kappa shape index (κ2) is 24.6. The van der Waals surface area contributed by atoms with Crippen LogP contribution >= 0.6 is 11.8 Å². The molecule has 0 aliphatic carbocycles. The lowest BCUT2D eigenvalue weighted by Crippen LogP contribution is -1.88. The third-order valence-corrected chi connectivity index (χ3v) is 9.24. The maximum absolute atomic E-state index is 2.35. The molecule has 0 atom stereocenters. The fourth-order valence-corrected chi connectivity index (χ4v) is 6.39. The van der Waals surface area contributed by atoms with Crippen molar-refractivity contribution >= 4 is 11.8 Å². The fourth-order valence-electron chi connectivity index (χ4n) is 5.57. The lowest BCUT2D eigenvalue weighted by Gasteiger charge is -2.07. The highest BCUT2D eigenvalue weighted by molar-refractivity contribution is 7.99. The van der Waals surface area contributed by atoms with Crippen molar-refractivity contribution < 1.29 is 0 Å². The second-order valence-corrected chi connectivity index (χ2v) is 13.1. The molecule has 0 saturated carbocycles. The third kappa shape index (κ3) is 18.7. The number of aryl methyl sites for hydroxylation is 2. The van der Waals surface area contributed by atoms with Crippen LogP contribution < -0.4 is 0 Å². The van der Waals surface area contributed by atoms with Gasteiger partial charge in [0, 0.05) is 9.79 Å². The van der Waals surface area contributed by atoms with Crippen molar-refractivity contribution in [1.82, 2.24) is 0 Å². The summed E-state index contributed by atoms with van der Waals surface area (Å²) < 4.78 is 0. The summed E-state index contributed by atoms with van der Waals surface area (Å²) in [6.07, 6.45) is 33.6. The molecule has 0 heterocycles. The van der Waals surface area contributed by atoms with Gasteiger partial charge in [-0.3, -0.25) is 0 Å². The summed E-state index contributed by atoms with van der Waals surface area (Å²) >= 11 is 1.90. The van der Waals surface area contributed by atoms with E-state index in [-0.39, 0.29) is 0 Å². The molecule has 0 spiro atoms. The molecular weight excluding hydrogens is 488 g/mol. The summed E-state index contributed by atoms with van der Waals surface area (Å²) in [5, 5.41) is 0. The van der Waals surface area contributed by atoms with E-state index in [2.05, 4.69) is 62.4 Å². The largest absolute Gasteiger partial charge is 0.0901 e. The molecule has 2 aromatic carbocycles. The molecule has 0 nitrogen and oxygen atoms in total. The molecule has 0 unspecified atom stereocenters. The molecule has 0 saturated heterocycles. The number of hydrogen-bond donors (Lipinski definition) is 0. The Morgan fingerprint density at radius 1 is 0.333 bits per heavy atom. The summed E-state index contributed by atoms with van der Waals surface area (Å²) in [5.41, 5.74) is 3.00. The maximum Gasteiger partial charge on any atom is 0.0122 e. The second-order valence-electron chi connectivity index (χ2n) is 12.0. The van der Waals surface area contributed by atoms with Crippen molar-refractivity contribution in [1.29, 1.82) is 0 Å². The highest BCUT2D eigenvalue weighted by Crippen LogP contribution is 2.28. The first kappa shape index (κ1) is 34.0. The monoisotopic (exact) mass is 550 g/mol. The Balaban J connectivity index is 1.48. The molecule has 2 rings (SSSR count). The van der Waals surface area contributed by atoms with Crippen LogP contribution in [0.3, 0.4) is 0 Å². The van der Waals surface area contributed by atoms with Gasteiger partial charge >= 0.3 is 0 Å². The minimum absolute atomic E-state index is 1.23. The van der Waals surface area contributed by atoms with E-state index in [1.165, 1.54) is 175 Å². The molecule has 0 aliphatic rings. The average Bonchev–Trinajstić information content (AvgIpc) is 2.96. The first-order valence-electron chi connectivity index (χ1n) is 17.2. The number of hydrogen-bond acceptors (Lipinski definition) is 1. The normalized spacial score (nSPS) is 11.3. The average molecular weight is 551 g/mol. The molecule has 0 aromatic heterocycles. The number of benzene rings is 2. The van der Waals surface area contributed by atoms with Gasteiger partial charge in [0.1, 0.15) is 0 Å². The Morgan fingerprint density at radius 3 is 0.872 bits per heavy atom. The molecule has 0 bridgehead atoms. The fraction of sp³-hybridized carbons (Fsp3) is 0.684. The molecule has 0 radical (unpaired) electrons. The van der Waals surface area contributed by atoms with Gasteiger partial charge in [0.15, 0.2) is 0 Å². The summed E-state index contributed by atoms with van der Waals surface area (Å²) in [5.74, 6) is 0. The van der Waals surface area contributed by atoms with Crippen molar-refractivity contribution in [2.75, 3.05) is 0 Å². The molecular formula is C38H62S. The molecule has 2 aromatic rings. The van der Waals surface area contributed by atoms with E-state index >= 15 is 0 Å². The van der Waals surface area contributed by atoms with E-state index < -0.39 is 0 Å². The first-order valence-corrected chi connectivity index (χ1v) is 18.0. The van der Waals surface area contributed by atoms with Crippen LogP contribution in [0, 0.1) is 0 Å². The number of rotatable bonds is 26. The summed E-state index contributed by atoms with van der Waals surface area (Å²) in [7, 11) is 0. The van der Waals surface area contributed by atoms with Gasteiger partial charge in [-0.15, -0.1) is 0 Å². The zero-order valence-corrected chi connectivity index (χ0v) is 26.8. The van der Waals surface area contributed by atoms with E-state index in [0.29, 0.717) is 0 Å². The minimum atomic E-state index is 1.23. The zero-order valence-electron chi connectivity index (χ0n) is 26.0. The quantitative estimate of drug-likeness (QED) is 0.105. The number of unbranched alkanes of at least 4 members (excludes halogenated alkanes) is 20. The van der Waals surface area contributed by atoms with E-state index in [1.54, 1.807) is 0 Å². The molecule has 0 N–H and O–H groups in total. The van der Waals surface area contributed by atoms with Gasteiger partial charge < -0.3 is 0 Å². The van der Waals surface area contributed by atoms with Gasteiger partial charge in [0.05, 0.1) is 0 Å². The highest BCUT2D eigenvalue weighted by Gasteiger charge is 2.01. The summed E-state index contributed by atoms with van der Waals surface area (Å²) in [6, 6.07) is 18.7. The van der Waals surface area contributed by atoms with Gasteiger partial charge in [-0.05, 0) is 61.1 Å². The van der Waals surface area contributed by atoms with Crippen LogP contribution in [0.25, 0.3) is 0 Å². The van der Waals surface area contributed by atoms with E-state index in [4.69, 9.17) is 0 Å². The van der Waals surface area contributed by atoms with Gasteiger partial charge in [0.25, 0.3) is 0 Å².